The molecule has 2 amide bonds. The van der Waals surface area contributed by atoms with Gasteiger partial charge in [0, 0.05) is 42.1 Å². The highest BCUT2D eigenvalue weighted by Crippen LogP contribution is 2.27. The second-order valence-electron chi connectivity index (χ2n) is 5.30. The van der Waals surface area contributed by atoms with Crippen LogP contribution in [0.2, 0.25) is 5.02 Å². The normalized spacial score (nSPS) is 17.3. The number of aromatic nitrogens is 1. The predicted octanol–water partition coefficient (Wildman–Crippen LogP) is 2.02. The maximum Gasteiger partial charge on any atom is 0.229 e. The number of hydrogen-bond acceptors (Lipinski definition) is 3. The van der Waals surface area contributed by atoms with Crippen molar-refractivity contribution < 1.29 is 9.59 Å². The minimum Gasteiger partial charge on any atom is -0.366 e. The maximum atomic E-state index is 12.3. The van der Waals surface area contributed by atoms with Gasteiger partial charge in [0.2, 0.25) is 17.2 Å². The van der Waals surface area contributed by atoms with Crippen molar-refractivity contribution in [2.24, 2.45) is 5.92 Å². The SMILES string of the molecule is O=C(Nc1c[nH]ccc1=O)C1CC(=O)N(c2cccc(Cl)c2)C1. The minimum atomic E-state index is -0.513. The van der Waals surface area contributed by atoms with Crippen LogP contribution in [0.15, 0.2) is 47.5 Å². The molecule has 1 unspecified atom stereocenters. The van der Waals surface area contributed by atoms with Crippen LogP contribution in [0, 0.1) is 5.92 Å². The van der Waals surface area contributed by atoms with Crippen molar-refractivity contribution in [3.8, 4) is 0 Å². The minimum absolute atomic E-state index is 0.100. The van der Waals surface area contributed by atoms with Gasteiger partial charge in [-0.2, -0.15) is 0 Å². The van der Waals surface area contributed by atoms with Gasteiger partial charge in [-0.15, -0.1) is 0 Å². The third-order valence-electron chi connectivity index (χ3n) is 3.70. The quantitative estimate of drug-likeness (QED) is 0.902. The third-order valence-corrected chi connectivity index (χ3v) is 3.93. The summed E-state index contributed by atoms with van der Waals surface area (Å²) in [4.78, 5) is 40.3. The summed E-state index contributed by atoms with van der Waals surface area (Å²) in [5, 5.41) is 3.10. The molecule has 1 saturated heterocycles. The number of nitrogens with one attached hydrogen (secondary N) is 2. The van der Waals surface area contributed by atoms with E-state index in [0.717, 1.165) is 0 Å². The molecular weight excluding hydrogens is 318 g/mol. The molecule has 0 bridgehead atoms. The second-order valence-corrected chi connectivity index (χ2v) is 5.73. The summed E-state index contributed by atoms with van der Waals surface area (Å²) in [5.74, 6) is -1.00. The number of carbonyl (C=O) groups is 2. The Kier molecular flexibility index (Phi) is 4.16. The smallest absolute Gasteiger partial charge is 0.229 e. The first-order valence-corrected chi connectivity index (χ1v) is 7.46. The number of halogens is 1. The Morgan fingerprint density at radius 1 is 1.30 bits per heavy atom. The first-order valence-electron chi connectivity index (χ1n) is 7.08. The van der Waals surface area contributed by atoms with Crippen LogP contribution in [0.5, 0.6) is 0 Å². The van der Waals surface area contributed by atoms with Gasteiger partial charge in [-0.25, -0.2) is 0 Å². The van der Waals surface area contributed by atoms with Crippen LogP contribution in [-0.4, -0.2) is 23.3 Å². The summed E-state index contributed by atoms with van der Waals surface area (Å²) >= 11 is 5.94. The number of hydrogen-bond donors (Lipinski definition) is 2. The Morgan fingerprint density at radius 2 is 2.13 bits per heavy atom. The highest BCUT2D eigenvalue weighted by atomic mass is 35.5. The van der Waals surface area contributed by atoms with Crippen molar-refractivity contribution in [1.82, 2.24) is 4.98 Å². The summed E-state index contributed by atoms with van der Waals surface area (Å²) in [6, 6.07) is 8.25. The average Bonchev–Trinajstić information content (AvgIpc) is 2.92. The lowest BCUT2D eigenvalue weighted by molar-refractivity contribution is -0.122. The molecule has 23 heavy (non-hydrogen) atoms. The number of amides is 2. The molecule has 1 aliphatic rings. The molecule has 0 spiro atoms. The third kappa shape index (κ3) is 3.27. The number of H-pyrrole nitrogens is 1. The van der Waals surface area contributed by atoms with Crippen molar-refractivity contribution >= 4 is 34.8 Å². The molecule has 0 saturated carbocycles. The van der Waals surface area contributed by atoms with Gasteiger partial charge in [0.25, 0.3) is 0 Å². The zero-order chi connectivity index (χ0) is 16.4. The Labute approximate surface area is 137 Å². The first kappa shape index (κ1) is 15.3. The van der Waals surface area contributed by atoms with Crippen molar-refractivity contribution in [3.63, 3.8) is 0 Å². The van der Waals surface area contributed by atoms with Crippen LogP contribution >= 0.6 is 11.6 Å². The van der Waals surface area contributed by atoms with Crippen molar-refractivity contribution in [1.29, 1.82) is 0 Å². The van der Waals surface area contributed by atoms with E-state index in [9.17, 15) is 14.4 Å². The lowest BCUT2D eigenvalue weighted by Gasteiger charge is -2.16. The monoisotopic (exact) mass is 331 g/mol. The largest absolute Gasteiger partial charge is 0.366 e. The number of aromatic amines is 1. The molecule has 1 aliphatic heterocycles. The zero-order valence-corrected chi connectivity index (χ0v) is 12.8. The van der Waals surface area contributed by atoms with E-state index in [1.54, 1.807) is 24.3 Å². The molecule has 0 aliphatic carbocycles. The molecule has 7 heteroatoms. The van der Waals surface area contributed by atoms with E-state index in [2.05, 4.69) is 10.3 Å². The number of carbonyl (C=O) groups excluding carboxylic acids is 2. The lowest BCUT2D eigenvalue weighted by atomic mass is 10.1. The van der Waals surface area contributed by atoms with Gasteiger partial charge in [-0.3, -0.25) is 14.4 Å². The standard InChI is InChI=1S/C16H14ClN3O3/c17-11-2-1-3-12(7-11)20-9-10(6-15(20)22)16(23)19-13-8-18-5-4-14(13)21/h1-5,7-8,10H,6,9H2,(H,18,21)(H,19,23). The van der Waals surface area contributed by atoms with Crippen molar-refractivity contribution in [3.05, 3.63) is 58.0 Å². The van der Waals surface area contributed by atoms with Crippen molar-refractivity contribution in [2.75, 3.05) is 16.8 Å². The highest BCUT2D eigenvalue weighted by molar-refractivity contribution is 6.31. The highest BCUT2D eigenvalue weighted by Gasteiger charge is 2.35. The molecule has 6 nitrogen and oxygen atoms in total. The van der Waals surface area contributed by atoms with Crippen molar-refractivity contribution in [2.45, 2.75) is 6.42 Å². The van der Waals surface area contributed by atoms with Gasteiger partial charge in [0.05, 0.1) is 5.92 Å². The molecule has 1 fully saturated rings. The predicted molar refractivity (Wildman–Crippen MR) is 87.6 cm³/mol. The number of nitrogens with zero attached hydrogens (tertiary/aromatic N) is 1. The van der Waals surface area contributed by atoms with Gasteiger partial charge < -0.3 is 15.2 Å². The molecule has 2 heterocycles. The Morgan fingerprint density at radius 3 is 2.87 bits per heavy atom. The van der Waals surface area contributed by atoms with E-state index in [4.69, 9.17) is 11.6 Å². The average molecular weight is 332 g/mol. The molecule has 1 atom stereocenters. The van der Waals surface area contributed by atoms with Crippen LogP contribution in [0.1, 0.15) is 6.42 Å². The van der Waals surface area contributed by atoms with Crippen LogP contribution < -0.4 is 15.6 Å². The molecule has 0 radical (unpaired) electrons. The van der Waals surface area contributed by atoms with E-state index in [0.29, 0.717) is 10.7 Å². The fourth-order valence-corrected chi connectivity index (χ4v) is 2.71. The van der Waals surface area contributed by atoms with E-state index in [1.165, 1.54) is 23.4 Å². The topological polar surface area (TPSA) is 82.3 Å². The first-order chi connectivity index (χ1) is 11.0. The van der Waals surface area contributed by atoms with Crippen LogP contribution in [0.3, 0.4) is 0 Å². The summed E-state index contributed by atoms with van der Waals surface area (Å²) < 4.78 is 0. The molecular formula is C16H14ClN3O3. The van der Waals surface area contributed by atoms with Crippen LogP contribution in [0.25, 0.3) is 0 Å². The summed E-state index contributed by atoms with van der Waals surface area (Å²) in [6.07, 6.45) is 3.01. The van der Waals surface area contributed by atoms with Gasteiger partial charge in [-0.1, -0.05) is 17.7 Å². The van der Waals surface area contributed by atoms with Crippen LogP contribution in [-0.2, 0) is 9.59 Å². The molecule has 3 rings (SSSR count). The summed E-state index contributed by atoms with van der Waals surface area (Å²) in [5.41, 5.74) is 0.551. The fourth-order valence-electron chi connectivity index (χ4n) is 2.53. The zero-order valence-electron chi connectivity index (χ0n) is 12.1. The molecule has 2 N–H and O–H groups in total. The van der Waals surface area contributed by atoms with Gasteiger partial charge in [0.15, 0.2) is 0 Å². The van der Waals surface area contributed by atoms with Gasteiger partial charge in [0.1, 0.15) is 5.69 Å². The number of pyridine rings is 1. The fraction of sp³-hybridized carbons (Fsp3) is 0.188. The molecule has 1 aromatic heterocycles. The Hall–Kier alpha value is -2.60. The van der Waals surface area contributed by atoms with E-state index < -0.39 is 5.92 Å². The number of anilines is 2. The van der Waals surface area contributed by atoms with Gasteiger partial charge in [-0.05, 0) is 18.2 Å². The lowest BCUT2D eigenvalue weighted by Crippen LogP contribution is -2.29. The molecule has 1 aromatic carbocycles. The molecule has 118 valence electrons. The van der Waals surface area contributed by atoms with E-state index in [1.807, 2.05) is 0 Å². The number of benzene rings is 1. The maximum absolute atomic E-state index is 12.3. The van der Waals surface area contributed by atoms with E-state index in [-0.39, 0.29) is 35.9 Å². The second kappa shape index (κ2) is 6.26. The summed E-state index contributed by atoms with van der Waals surface area (Å²) in [7, 11) is 0. The van der Waals surface area contributed by atoms with Gasteiger partial charge >= 0.3 is 0 Å². The summed E-state index contributed by atoms with van der Waals surface area (Å²) in [6.45, 7) is 0.260. The number of rotatable bonds is 3. The Balaban J connectivity index is 1.73. The van der Waals surface area contributed by atoms with E-state index >= 15 is 0 Å². The molecule has 2 aromatic rings. The van der Waals surface area contributed by atoms with Crippen LogP contribution in [0.4, 0.5) is 11.4 Å². The Bertz CT molecular complexity index is 818.